The molecular weight excluding hydrogens is 257 g/mol. The van der Waals surface area contributed by atoms with Crippen molar-refractivity contribution in [2.24, 2.45) is 5.73 Å². The van der Waals surface area contributed by atoms with Gasteiger partial charge in [-0.05, 0) is 32.0 Å². The number of hydrogen-bond donors (Lipinski definition) is 1. The van der Waals surface area contributed by atoms with Gasteiger partial charge in [0.1, 0.15) is 17.7 Å². The normalized spacial score (nSPS) is 17.1. The number of aryl methyl sites for hydroxylation is 1. The molecule has 1 unspecified atom stereocenters. The van der Waals surface area contributed by atoms with Gasteiger partial charge in [-0.3, -0.25) is 4.68 Å². The number of benzene rings is 1. The fourth-order valence-corrected chi connectivity index (χ4v) is 2.79. The lowest BCUT2D eigenvalue weighted by atomic mass is 10.1. The molecular formula is C15H18FN3O. The molecule has 2 heterocycles. The minimum atomic E-state index is -0.218. The number of nitrogens with two attached hydrogens (primary N) is 1. The average molecular weight is 275 g/mol. The zero-order valence-electron chi connectivity index (χ0n) is 11.7. The molecule has 1 aromatic heterocycles. The van der Waals surface area contributed by atoms with Crippen molar-refractivity contribution in [1.29, 1.82) is 0 Å². The number of hydrogen-bond acceptors (Lipinski definition) is 3. The number of nitrogens with zero attached hydrogens (tertiary/aromatic N) is 2. The summed E-state index contributed by atoms with van der Waals surface area (Å²) < 4.78 is 21.0. The highest BCUT2D eigenvalue weighted by atomic mass is 19.1. The molecule has 1 aliphatic heterocycles. The Morgan fingerprint density at radius 1 is 1.45 bits per heavy atom. The van der Waals surface area contributed by atoms with E-state index in [1.54, 1.807) is 12.1 Å². The SMILES string of the molecule is Cc1nn(CC2Cc3cc(F)ccc3O2)c(C)c1CN. The van der Waals surface area contributed by atoms with E-state index in [0.717, 1.165) is 28.3 Å². The fraction of sp³-hybridized carbons (Fsp3) is 0.400. The topological polar surface area (TPSA) is 53.1 Å². The molecule has 2 aromatic rings. The fourth-order valence-electron chi connectivity index (χ4n) is 2.79. The van der Waals surface area contributed by atoms with Gasteiger partial charge < -0.3 is 10.5 Å². The van der Waals surface area contributed by atoms with Crippen LogP contribution in [0.2, 0.25) is 0 Å². The van der Waals surface area contributed by atoms with Gasteiger partial charge in [0.2, 0.25) is 0 Å². The maximum atomic E-state index is 13.2. The Morgan fingerprint density at radius 2 is 2.25 bits per heavy atom. The van der Waals surface area contributed by atoms with Crippen LogP contribution in [-0.2, 0) is 19.5 Å². The van der Waals surface area contributed by atoms with Crippen LogP contribution in [-0.4, -0.2) is 15.9 Å². The molecule has 1 atom stereocenters. The standard InChI is InChI=1S/C15H18FN3O/c1-9-14(7-17)10(2)19(18-9)8-13-6-11-5-12(16)3-4-15(11)20-13/h3-5,13H,6-8,17H2,1-2H3. The van der Waals surface area contributed by atoms with Gasteiger partial charge in [-0.2, -0.15) is 5.10 Å². The van der Waals surface area contributed by atoms with Crippen LogP contribution >= 0.6 is 0 Å². The Labute approximate surface area is 117 Å². The van der Waals surface area contributed by atoms with Crippen molar-refractivity contribution in [3.8, 4) is 5.75 Å². The average Bonchev–Trinajstić information content (AvgIpc) is 2.91. The number of fused-ring (bicyclic) bond motifs is 1. The first kappa shape index (κ1) is 13.1. The Balaban J connectivity index is 1.78. The minimum absolute atomic E-state index is 0.00424. The summed E-state index contributed by atoms with van der Waals surface area (Å²) in [5, 5.41) is 4.51. The van der Waals surface area contributed by atoms with Crippen molar-refractivity contribution in [2.45, 2.75) is 39.5 Å². The van der Waals surface area contributed by atoms with Gasteiger partial charge in [0.05, 0.1) is 12.2 Å². The van der Waals surface area contributed by atoms with E-state index in [0.29, 0.717) is 19.5 Å². The highest BCUT2D eigenvalue weighted by Gasteiger charge is 2.25. The van der Waals surface area contributed by atoms with E-state index >= 15 is 0 Å². The lowest BCUT2D eigenvalue weighted by Crippen LogP contribution is -2.22. The summed E-state index contributed by atoms with van der Waals surface area (Å²) in [6.07, 6.45) is 0.707. The number of halogens is 1. The van der Waals surface area contributed by atoms with E-state index in [2.05, 4.69) is 5.10 Å². The molecule has 4 nitrogen and oxygen atoms in total. The highest BCUT2D eigenvalue weighted by molar-refractivity contribution is 5.38. The van der Waals surface area contributed by atoms with Crippen LogP contribution in [0.4, 0.5) is 4.39 Å². The zero-order chi connectivity index (χ0) is 14.3. The van der Waals surface area contributed by atoms with E-state index < -0.39 is 0 Å². The first-order valence-electron chi connectivity index (χ1n) is 6.76. The zero-order valence-corrected chi connectivity index (χ0v) is 11.7. The van der Waals surface area contributed by atoms with Gasteiger partial charge in [-0.25, -0.2) is 4.39 Å². The summed E-state index contributed by atoms with van der Waals surface area (Å²) >= 11 is 0. The van der Waals surface area contributed by atoms with Crippen molar-refractivity contribution >= 4 is 0 Å². The molecule has 0 fully saturated rings. The van der Waals surface area contributed by atoms with E-state index in [-0.39, 0.29) is 11.9 Å². The number of aromatic nitrogens is 2. The third-order valence-corrected chi connectivity index (χ3v) is 3.88. The molecule has 0 radical (unpaired) electrons. The molecule has 0 bridgehead atoms. The molecule has 1 aromatic carbocycles. The number of rotatable bonds is 3. The molecule has 0 saturated heterocycles. The van der Waals surface area contributed by atoms with E-state index in [4.69, 9.17) is 10.5 Å². The van der Waals surface area contributed by atoms with Crippen molar-refractivity contribution in [3.63, 3.8) is 0 Å². The van der Waals surface area contributed by atoms with Crippen molar-refractivity contribution in [2.75, 3.05) is 0 Å². The maximum Gasteiger partial charge on any atom is 0.123 e. The monoisotopic (exact) mass is 275 g/mol. The van der Waals surface area contributed by atoms with Crippen LogP contribution in [0.25, 0.3) is 0 Å². The smallest absolute Gasteiger partial charge is 0.123 e. The van der Waals surface area contributed by atoms with Gasteiger partial charge in [0.25, 0.3) is 0 Å². The summed E-state index contributed by atoms with van der Waals surface area (Å²) in [6, 6.07) is 4.66. The van der Waals surface area contributed by atoms with Crippen LogP contribution in [0.15, 0.2) is 18.2 Å². The molecule has 0 aliphatic carbocycles. The van der Waals surface area contributed by atoms with E-state index in [1.807, 2.05) is 18.5 Å². The summed E-state index contributed by atoms with van der Waals surface area (Å²) in [5.41, 5.74) is 9.79. The predicted octanol–water partition coefficient (Wildman–Crippen LogP) is 2.10. The van der Waals surface area contributed by atoms with Crippen molar-refractivity contribution in [3.05, 3.63) is 46.5 Å². The molecule has 20 heavy (non-hydrogen) atoms. The molecule has 5 heteroatoms. The summed E-state index contributed by atoms with van der Waals surface area (Å²) in [6.45, 7) is 5.13. The Bertz CT molecular complexity index is 651. The first-order chi connectivity index (χ1) is 9.58. The second-order valence-electron chi connectivity index (χ2n) is 5.23. The molecule has 0 spiro atoms. The van der Waals surface area contributed by atoms with Crippen LogP contribution in [0, 0.1) is 19.7 Å². The second-order valence-corrected chi connectivity index (χ2v) is 5.23. The molecule has 1 aliphatic rings. The van der Waals surface area contributed by atoms with Gasteiger partial charge in [-0.1, -0.05) is 0 Å². The molecule has 2 N–H and O–H groups in total. The maximum absolute atomic E-state index is 13.2. The molecule has 106 valence electrons. The Kier molecular flexibility index (Phi) is 3.22. The van der Waals surface area contributed by atoms with Gasteiger partial charge in [-0.15, -0.1) is 0 Å². The van der Waals surface area contributed by atoms with E-state index in [9.17, 15) is 4.39 Å². The Morgan fingerprint density at radius 3 is 2.95 bits per heavy atom. The van der Waals surface area contributed by atoms with Crippen molar-refractivity contribution in [1.82, 2.24) is 9.78 Å². The van der Waals surface area contributed by atoms with E-state index in [1.165, 1.54) is 6.07 Å². The molecule has 0 saturated carbocycles. The first-order valence-corrected chi connectivity index (χ1v) is 6.76. The summed E-state index contributed by atoms with van der Waals surface area (Å²) in [5.74, 6) is 0.557. The summed E-state index contributed by atoms with van der Waals surface area (Å²) in [4.78, 5) is 0. The van der Waals surface area contributed by atoms with Crippen molar-refractivity contribution < 1.29 is 9.13 Å². The second kappa shape index (κ2) is 4.90. The van der Waals surface area contributed by atoms with Crippen LogP contribution < -0.4 is 10.5 Å². The molecule has 0 amide bonds. The lowest BCUT2D eigenvalue weighted by molar-refractivity contribution is 0.202. The summed E-state index contributed by atoms with van der Waals surface area (Å²) in [7, 11) is 0. The third kappa shape index (κ3) is 2.18. The van der Waals surface area contributed by atoms with Gasteiger partial charge in [0, 0.05) is 29.8 Å². The van der Waals surface area contributed by atoms with Gasteiger partial charge >= 0.3 is 0 Å². The minimum Gasteiger partial charge on any atom is -0.488 e. The van der Waals surface area contributed by atoms with Crippen LogP contribution in [0.3, 0.4) is 0 Å². The molecule has 3 rings (SSSR count). The largest absolute Gasteiger partial charge is 0.488 e. The third-order valence-electron chi connectivity index (χ3n) is 3.88. The van der Waals surface area contributed by atoms with Crippen LogP contribution in [0.5, 0.6) is 5.75 Å². The lowest BCUT2D eigenvalue weighted by Gasteiger charge is -2.12. The Hall–Kier alpha value is -1.88. The van der Waals surface area contributed by atoms with Crippen LogP contribution in [0.1, 0.15) is 22.5 Å². The quantitative estimate of drug-likeness (QED) is 0.933. The predicted molar refractivity (Wildman–Crippen MR) is 74.1 cm³/mol. The number of ether oxygens (including phenoxy) is 1. The highest BCUT2D eigenvalue weighted by Crippen LogP contribution is 2.30. The van der Waals surface area contributed by atoms with Gasteiger partial charge in [0.15, 0.2) is 0 Å².